The summed E-state index contributed by atoms with van der Waals surface area (Å²) in [6, 6.07) is 10.0. The predicted molar refractivity (Wildman–Crippen MR) is 159 cm³/mol. The van der Waals surface area contributed by atoms with Crippen LogP contribution in [0.2, 0.25) is 0 Å². The summed E-state index contributed by atoms with van der Waals surface area (Å²) in [4.78, 5) is 31.4. The molecular formula is C32H50O6. The second-order valence-electron chi connectivity index (χ2n) is 8.46. The molecule has 0 N–H and O–H groups in total. The molecule has 6 nitrogen and oxygen atoms in total. The Bertz CT molecular complexity index is 780. The van der Waals surface area contributed by atoms with Crippen LogP contribution in [0.3, 0.4) is 0 Å². The molecule has 0 aliphatic carbocycles. The maximum Gasteiger partial charge on any atom is 0.333 e. The molecule has 0 saturated heterocycles. The van der Waals surface area contributed by atoms with Crippen molar-refractivity contribution in [3.8, 4) is 0 Å². The molecule has 1 rings (SSSR count). The lowest BCUT2D eigenvalue weighted by Crippen LogP contribution is -2.03. The van der Waals surface area contributed by atoms with E-state index in [1.807, 2.05) is 43.3 Å². The highest BCUT2D eigenvalue weighted by molar-refractivity contribution is 5.86. The maximum atomic E-state index is 10.6. The first-order chi connectivity index (χ1) is 18.1. The molecule has 0 heterocycles. The largest absolute Gasteiger partial charge is 0.463 e. The van der Waals surface area contributed by atoms with Crippen LogP contribution >= 0.6 is 0 Å². The van der Waals surface area contributed by atoms with Crippen molar-refractivity contribution >= 4 is 24.0 Å². The molecule has 0 atom stereocenters. The Labute approximate surface area is 231 Å². The average Bonchev–Trinajstić information content (AvgIpc) is 2.92. The van der Waals surface area contributed by atoms with E-state index in [0.29, 0.717) is 25.4 Å². The summed E-state index contributed by atoms with van der Waals surface area (Å²) in [5.74, 6) is -0.185. The highest BCUT2D eigenvalue weighted by atomic mass is 16.5. The smallest absolute Gasteiger partial charge is 0.333 e. The molecule has 1 aromatic rings. The van der Waals surface area contributed by atoms with Crippen molar-refractivity contribution in [2.24, 2.45) is 5.92 Å². The first kappa shape index (κ1) is 39.1. The van der Waals surface area contributed by atoms with E-state index in [9.17, 15) is 14.4 Å². The predicted octanol–water partition coefficient (Wildman–Crippen LogP) is 7.90. The van der Waals surface area contributed by atoms with E-state index >= 15 is 0 Å². The van der Waals surface area contributed by atoms with Crippen LogP contribution in [0.4, 0.5) is 0 Å². The molecular weight excluding hydrogens is 480 g/mol. The van der Waals surface area contributed by atoms with Crippen molar-refractivity contribution in [1.29, 1.82) is 0 Å². The Morgan fingerprint density at radius 3 is 1.68 bits per heavy atom. The van der Waals surface area contributed by atoms with Gasteiger partial charge >= 0.3 is 17.9 Å². The van der Waals surface area contributed by atoms with Crippen LogP contribution in [-0.4, -0.2) is 37.7 Å². The van der Waals surface area contributed by atoms with E-state index < -0.39 is 0 Å². The summed E-state index contributed by atoms with van der Waals surface area (Å²) in [6.07, 6.45) is 10.8. The van der Waals surface area contributed by atoms with Crippen LogP contribution in [0.25, 0.3) is 6.08 Å². The van der Waals surface area contributed by atoms with E-state index in [1.165, 1.54) is 30.6 Å². The third-order valence-electron chi connectivity index (χ3n) is 4.40. The highest BCUT2D eigenvalue weighted by Crippen LogP contribution is 2.07. The topological polar surface area (TPSA) is 78.9 Å². The van der Waals surface area contributed by atoms with E-state index in [1.54, 1.807) is 13.8 Å². The van der Waals surface area contributed by atoms with Crippen molar-refractivity contribution in [2.45, 2.75) is 73.1 Å². The summed E-state index contributed by atoms with van der Waals surface area (Å²) < 4.78 is 14.1. The molecule has 0 aromatic heterocycles. The van der Waals surface area contributed by atoms with E-state index in [0.717, 1.165) is 31.6 Å². The van der Waals surface area contributed by atoms with Crippen LogP contribution in [-0.2, 0) is 28.6 Å². The van der Waals surface area contributed by atoms with Gasteiger partial charge in [0.1, 0.15) is 0 Å². The molecule has 0 unspecified atom stereocenters. The minimum absolute atomic E-state index is 0.312. The maximum absolute atomic E-state index is 10.6. The Morgan fingerprint density at radius 1 is 0.816 bits per heavy atom. The lowest BCUT2D eigenvalue weighted by Gasteiger charge is -2.04. The summed E-state index contributed by atoms with van der Waals surface area (Å²) in [5.41, 5.74) is 1.62. The normalized spacial score (nSPS) is 9.00. The van der Waals surface area contributed by atoms with Gasteiger partial charge in [0.05, 0.1) is 19.8 Å². The summed E-state index contributed by atoms with van der Waals surface area (Å²) >= 11 is 0. The Morgan fingerprint density at radius 2 is 1.34 bits per heavy atom. The number of carbonyl (C=O) groups is 3. The molecule has 0 fully saturated rings. The molecule has 0 bridgehead atoms. The van der Waals surface area contributed by atoms with Gasteiger partial charge in [-0.05, 0) is 38.2 Å². The van der Waals surface area contributed by atoms with Gasteiger partial charge in [-0.15, -0.1) is 0 Å². The third kappa shape index (κ3) is 32.6. The summed E-state index contributed by atoms with van der Waals surface area (Å²) in [7, 11) is 0. The first-order valence-corrected chi connectivity index (χ1v) is 13.2. The lowest BCUT2D eigenvalue weighted by atomic mass is 10.1. The SMILES string of the molecule is C=C(C)C(=O)OCC.C=CC(=O)OCCCC.C=CC(=O)OCCCCCC(C)C.C=Cc1ccccc1. The van der Waals surface area contributed by atoms with Gasteiger partial charge in [-0.1, -0.05) is 109 Å². The van der Waals surface area contributed by atoms with Crippen molar-refractivity contribution in [1.82, 2.24) is 0 Å². The lowest BCUT2D eigenvalue weighted by molar-refractivity contribution is -0.139. The summed E-state index contributed by atoms with van der Waals surface area (Å²) in [6.45, 7) is 25.0. The van der Waals surface area contributed by atoms with Gasteiger partial charge in [-0.2, -0.15) is 0 Å². The van der Waals surface area contributed by atoms with Crippen LogP contribution in [0.15, 0.2) is 74.4 Å². The fourth-order valence-corrected chi connectivity index (χ4v) is 2.28. The minimum atomic E-state index is -0.330. The Balaban J connectivity index is -0.000000440. The van der Waals surface area contributed by atoms with Gasteiger partial charge in [0.25, 0.3) is 0 Å². The van der Waals surface area contributed by atoms with Gasteiger partial charge in [0.15, 0.2) is 0 Å². The van der Waals surface area contributed by atoms with Gasteiger partial charge in [-0.25, -0.2) is 14.4 Å². The second kappa shape index (κ2) is 29.8. The van der Waals surface area contributed by atoms with Crippen LogP contribution < -0.4 is 0 Å². The molecule has 0 saturated carbocycles. The number of benzene rings is 1. The highest BCUT2D eigenvalue weighted by Gasteiger charge is 1.98. The Kier molecular flexibility index (Phi) is 30.7. The monoisotopic (exact) mass is 530 g/mol. The van der Waals surface area contributed by atoms with Crippen molar-refractivity contribution in [3.05, 3.63) is 79.9 Å². The standard InChI is InChI=1S/C11H20O2.C8H8.C7H12O2.C6H10O2/c1-4-11(12)13-9-7-5-6-8-10(2)3;1-2-8-6-4-3-5-7-8;1-3-5-6-9-7(8)4-2;1-4-8-6(7)5(2)3/h4,10H,1,5-9H2,2-3H3;2-7H,1H2;4H,2-3,5-6H2,1H3;2,4H2,1,3H3. The van der Waals surface area contributed by atoms with E-state index in [-0.39, 0.29) is 17.9 Å². The van der Waals surface area contributed by atoms with Gasteiger partial charge < -0.3 is 14.2 Å². The fraction of sp³-hybridized carbons (Fsp3) is 0.469. The number of rotatable bonds is 14. The number of ether oxygens (including phenoxy) is 3. The molecule has 0 aliphatic heterocycles. The third-order valence-corrected chi connectivity index (χ3v) is 4.40. The molecule has 0 spiro atoms. The molecule has 214 valence electrons. The number of hydrogen-bond donors (Lipinski definition) is 0. The van der Waals surface area contributed by atoms with Gasteiger partial charge in [-0.3, -0.25) is 0 Å². The van der Waals surface area contributed by atoms with Crippen LogP contribution in [0.5, 0.6) is 0 Å². The number of carbonyl (C=O) groups excluding carboxylic acids is 3. The van der Waals surface area contributed by atoms with Crippen molar-refractivity contribution < 1.29 is 28.6 Å². The minimum Gasteiger partial charge on any atom is -0.463 e. The van der Waals surface area contributed by atoms with Crippen molar-refractivity contribution in [3.63, 3.8) is 0 Å². The molecule has 38 heavy (non-hydrogen) atoms. The van der Waals surface area contributed by atoms with Crippen LogP contribution in [0, 0.1) is 5.92 Å². The number of hydrogen-bond acceptors (Lipinski definition) is 6. The number of esters is 3. The van der Waals surface area contributed by atoms with Crippen molar-refractivity contribution in [2.75, 3.05) is 19.8 Å². The molecule has 6 heteroatoms. The van der Waals surface area contributed by atoms with E-state index in [4.69, 9.17) is 4.74 Å². The quantitative estimate of drug-likeness (QED) is 0.105. The molecule has 0 amide bonds. The zero-order chi connectivity index (χ0) is 29.6. The summed E-state index contributed by atoms with van der Waals surface area (Å²) in [5, 5.41) is 0. The zero-order valence-electron chi connectivity index (χ0n) is 24.3. The van der Waals surface area contributed by atoms with Gasteiger partial charge in [0.2, 0.25) is 0 Å². The number of unbranched alkanes of at least 4 members (excludes halogenated alkanes) is 3. The van der Waals surface area contributed by atoms with Crippen LogP contribution in [0.1, 0.15) is 78.7 Å². The molecule has 0 aliphatic rings. The second-order valence-corrected chi connectivity index (χ2v) is 8.46. The Hall–Kier alpha value is -3.41. The fourth-order valence-electron chi connectivity index (χ4n) is 2.28. The first-order valence-electron chi connectivity index (χ1n) is 13.2. The van der Waals surface area contributed by atoms with Gasteiger partial charge in [0, 0.05) is 17.7 Å². The molecule has 0 radical (unpaired) electrons. The molecule has 1 aromatic carbocycles. The zero-order valence-corrected chi connectivity index (χ0v) is 24.3. The van der Waals surface area contributed by atoms with E-state index in [2.05, 4.69) is 49.6 Å². The average molecular weight is 531 g/mol.